The van der Waals surface area contributed by atoms with Crippen LogP contribution in [0.5, 0.6) is 0 Å². The van der Waals surface area contributed by atoms with E-state index >= 15 is 0 Å². The van der Waals surface area contributed by atoms with Gasteiger partial charge in [-0.2, -0.15) is 0 Å². The molecule has 0 saturated heterocycles. The summed E-state index contributed by atoms with van der Waals surface area (Å²) in [6.45, 7) is 1.36. The number of nitro benzene ring substituents is 1. The van der Waals surface area contributed by atoms with Crippen LogP contribution < -0.4 is 0 Å². The van der Waals surface area contributed by atoms with Gasteiger partial charge in [0, 0.05) is 18.7 Å². The fraction of sp³-hybridized carbons (Fsp3) is 0.385. The number of nitrogens with zero attached hydrogens (tertiary/aromatic N) is 1. The SMILES string of the molecule is CC(=O)SCCC(O)C(O)c1ccc(C(=O)O)cc1[N+](=O)[O-]. The van der Waals surface area contributed by atoms with E-state index in [1.165, 1.54) is 6.92 Å². The van der Waals surface area contributed by atoms with Crippen LogP contribution in [0.25, 0.3) is 0 Å². The number of nitro groups is 1. The average molecular weight is 329 g/mol. The lowest BCUT2D eigenvalue weighted by molar-refractivity contribution is -0.386. The first-order valence-corrected chi connectivity index (χ1v) is 7.23. The number of carboxylic acids is 1. The zero-order valence-corrected chi connectivity index (χ0v) is 12.4. The molecule has 0 radical (unpaired) electrons. The molecule has 0 spiro atoms. The average Bonchev–Trinajstić information content (AvgIpc) is 2.45. The number of hydrogen-bond donors (Lipinski definition) is 3. The number of benzene rings is 1. The van der Waals surface area contributed by atoms with Crippen LogP contribution in [-0.2, 0) is 4.79 Å². The first-order chi connectivity index (χ1) is 10.2. The smallest absolute Gasteiger partial charge is 0.335 e. The summed E-state index contributed by atoms with van der Waals surface area (Å²) in [4.78, 5) is 31.8. The molecule has 0 aliphatic rings. The molecule has 0 fully saturated rings. The molecule has 0 bridgehead atoms. The van der Waals surface area contributed by atoms with Crippen molar-refractivity contribution in [3.8, 4) is 0 Å². The third-order valence-corrected chi connectivity index (χ3v) is 3.72. The summed E-state index contributed by atoms with van der Waals surface area (Å²) in [6.07, 6.45) is -2.79. The van der Waals surface area contributed by atoms with E-state index in [-0.39, 0.29) is 28.4 Å². The van der Waals surface area contributed by atoms with Crippen molar-refractivity contribution in [1.29, 1.82) is 0 Å². The quantitative estimate of drug-likeness (QED) is 0.503. The minimum absolute atomic E-state index is 0.0588. The number of carbonyl (C=O) groups is 2. The van der Waals surface area contributed by atoms with E-state index in [1.54, 1.807) is 0 Å². The second kappa shape index (κ2) is 7.87. The zero-order chi connectivity index (χ0) is 16.9. The number of hydrogen-bond acceptors (Lipinski definition) is 7. The summed E-state index contributed by atoms with van der Waals surface area (Å²) < 4.78 is 0. The van der Waals surface area contributed by atoms with Gasteiger partial charge in [0.25, 0.3) is 5.69 Å². The van der Waals surface area contributed by atoms with Crippen LogP contribution in [0.15, 0.2) is 18.2 Å². The number of carboxylic acid groups (broad SMARTS) is 1. The highest BCUT2D eigenvalue weighted by molar-refractivity contribution is 8.13. The van der Waals surface area contributed by atoms with Crippen molar-refractivity contribution in [2.45, 2.75) is 25.6 Å². The highest BCUT2D eigenvalue weighted by Gasteiger charge is 2.27. The van der Waals surface area contributed by atoms with Crippen molar-refractivity contribution in [2.24, 2.45) is 0 Å². The number of aliphatic hydroxyl groups excluding tert-OH is 2. The molecule has 120 valence electrons. The fourth-order valence-corrected chi connectivity index (χ4v) is 2.42. The molecule has 8 nitrogen and oxygen atoms in total. The minimum atomic E-state index is -1.55. The molecule has 2 unspecified atom stereocenters. The molecule has 9 heteroatoms. The van der Waals surface area contributed by atoms with Gasteiger partial charge < -0.3 is 15.3 Å². The van der Waals surface area contributed by atoms with Crippen molar-refractivity contribution in [3.63, 3.8) is 0 Å². The fourth-order valence-electron chi connectivity index (χ4n) is 1.77. The standard InChI is InChI=1S/C13H15NO7S/c1-7(15)22-5-4-11(16)12(17)9-3-2-8(13(18)19)6-10(9)14(20)21/h2-3,6,11-12,16-17H,4-5H2,1H3,(H,18,19). The summed E-state index contributed by atoms with van der Waals surface area (Å²) in [5.74, 6) is -1.07. The summed E-state index contributed by atoms with van der Waals surface area (Å²) in [7, 11) is 0. The van der Waals surface area contributed by atoms with Gasteiger partial charge in [-0.1, -0.05) is 11.8 Å². The van der Waals surface area contributed by atoms with E-state index in [9.17, 15) is 29.9 Å². The Balaban J connectivity index is 2.96. The van der Waals surface area contributed by atoms with Crippen LogP contribution in [0, 0.1) is 10.1 Å². The Kier molecular flexibility index (Phi) is 6.47. The second-order valence-electron chi connectivity index (χ2n) is 4.48. The maximum atomic E-state index is 11.0. The number of carbonyl (C=O) groups excluding carboxylic acids is 1. The van der Waals surface area contributed by atoms with Crippen molar-refractivity contribution in [3.05, 3.63) is 39.4 Å². The lowest BCUT2D eigenvalue weighted by Crippen LogP contribution is -2.20. The van der Waals surface area contributed by atoms with Gasteiger partial charge in [0.15, 0.2) is 5.12 Å². The van der Waals surface area contributed by atoms with Gasteiger partial charge in [-0.05, 0) is 18.6 Å². The molecule has 1 aromatic carbocycles. The first-order valence-electron chi connectivity index (χ1n) is 6.25. The Morgan fingerprint density at radius 3 is 2.50 bits per heavy atom. The minimum Gasteiger partial charge on any atom is -0.478 e. The van der Waals surface area contributed by atoms with Gasteiger partial charge in [-0.15, -0.1) is 0 Å². The maximum absolute atomic E-state index is 11.0. The summed E-state index contributed by atoms with van der Waals surface area (Å²) in [5.41, 5.74) is -1.04. The molecule has 0 saturated carbocycles. The number of aliphatic hydroxyl groups is 2. The van der Waals surface area contributed by atoms with E-state index in [2.05, 4.69) is 0 Å². The maximum Gasteiger partial charge on any atom is 0.335 e. The van der Waals surface area contributed by atoms with E-state index in [0.717, 1.165) is 30.0 Å². The van der Waals surface area contributed by atoms with Gasteiger partial charge >= 0.3 is 5.97 Å². The molecule has 1 aromatic rings. The van der Waals surface area contributed by atoms with Gasteiger partial charge in [-0.25, -0.2) is 4.79 Å². The van der Waals surface area contributed by atoms with Crippen LogP contribution in [0.3, 0.4) is 0 Å². The van der Waals surface area contributed by atoms with Gasteiger partial charge in [0.2, 0.25) is 0 Å². The van der Waals surface area contributed by atoms with E-state index in [0.29, 0.717) is 0 Å². The molecular formula is C13H15NO7S. The molecule has 0 aliphatic carbocycles. The topological polar surface area (TPSA) is 138 Å². The Hall–Kier alpha value is -1.97. The lowest BCUT2D eigenvalue weighted by atomic mass is 9.99. The van der Waals surface area contributed by atoms with Crippen LogP contribution in [0.2, 0.25) is 0 Å². The number of aromatic carboxylic acids is 1. The summed E-state index contributed by atoms with van der Waals surface area (Å²) in [6, 6.07) is 3.05. The first kappa shape index (κ1) is 18.1. The Morgan fingerprint density at radius 2 is 2.00 bits per heavy atom. The molecule has 0 amide bonds. The number of thioether (sulfide) groups is 1. The molecule has 22 heavy (non-hydrogen) atoms. The second-order valence-corrected chi connectivity index (χ2v) is 5.75. The van der Waals surface area contributed by atoms with Gasteiger partial charge in [0.05, 0.1) is 22.2 Å². The Labute approximate surface area is 129 Å². The van der Waals surface area contributed by atoms with Gasteiger partial charge in [-0.3, -0.25) is 14.9 Å². The lowest BCUT2D eigenvalue weighted by Gasteiger charge is -2.18. The van der Waals surface area contributed by atoms with Crippen molar-refractivity contribution < 1.29 is 29.8 Å². The largest absolute Gasteiger partial charge is 0.478 e. The third kappa shape index (κ3) is 4.79. The van der Waals surface area contributed by atoms with E-state index < -0.39 is 28.8 Å². The van der Waals surface area contributed by atoms with Crippen molar-refractivity contribution in [2.75, 3.05) is 5.75 Å². The molecule has 0 aromatic heterocycles. The molecule has 0 heterocycles. The third-order valence-electron chi connectivity index (χ3n) is 2.88. The Bertz CT molecular complexity index is 590. The Morgan fingerprint density at radius 1 is 1.36 bits per heavy atom. The monoisotopic (exact) mass is 329 g/mol. The predicted molar refractivity (Wildman–Crippen MR) is 78.8 cm³/mol. The molecule has 1 rings (SSSR count). The highest BCUT2D eigenvalue weighted by Crippen LogP contribution is 2.29. The van der Waals surface area contributed by atoms with E-state index in [4.69, 9.17) is 5.11 Å². The van der Waals surface area contributed by atoms with Crippen LogP contribution in [-0.4, -0.2) is 43.2 Å². The van der Waals surface area contributed by atoms with Crippen molar-refractivity contribution >= 4 is 28.5 Å². The molecule has 3 N–H and O–H groups in total. The van der Waals surface area contributed by atoms with Crippen LogP contribution >= 0.6 is 11.8 Å². The molecule has 2 atom stereocenters. The molecule has 0 aliphatic heterocycles. The molecular weight excluding hydrogens is 314 g/mol. The summed E-state index contributed by atoms with van der Waals surface area (Å²) in [5, 5.41) is 39.6. The van der Waals surface area contributed by atoms with Gasteiger partial charge in [0.1, 0.15) is 6.10 Å². The predicted octanol–water partition coefficient (Wildman–Crippen LogP) is 1.36. The normalized spacial score (nSPS) is 13.4. The number of rotatable bonds is 7. The van der Waals surface area contributed by atoms with Crippen LogP contribution in [0.1, 0.15) is 35.4 Å². The van der Waals surface area contributed by atoms with E-state index in [1.807, 2.05) is 0 Å². The van der Waals surface area contributed by atoms with Crippen molar-refractivity contribution in [1.82, 2.24) is 0 Å². The summed E-state index contributed by atoms with van der Waals surface area (Å²) >= 11 is 0.967. The zero-order valence-electron chi connectivity index (χ0n) is 11.6. The highest BCUT2D eigenvalue weighted by atomic mass is 32.2. The van der Waals surface area contributed by atoms with Crippen LogP contribution in [0.4, 0.5) is 5.69 Å².